The normalized spacial score (nSPS) is 16.8. The van der Waals surface area contributed by atoms with Crippen LogP contribution in [-0.4, -0.2) is 30.4 Å². The zero-order valence-electron chi connectivity index (χ0n) is 14.8. The number of fused-ring (bicyclic) bond motifs is 1. The van der Waals surface area contributed by atoms with Crippen LogP contribution in [0.1, 0.15) is 39.2 Å². The van der Waals surface area contributed by atoms with E-state index in [1.54, 1.807) is 0 Å². The van der Waals surface area contributed by atoms with Crippen molar-refractivity contribution in [1.82, 2.24) is 4.90 Å². The zero-order chi connectivity index (χ0) is 18.1. The van der Waals surface area contributed by atoms with Crippen molar-refractivity contribution in [3.8, 4) is 0 Å². The van der Waals surface area contributed by atoms with Crippen molar-refractivity contribution in [2.45, 2.75) is 32.4 Å². The van der Waals surface area contributed by atoms with Crippen molar-refractivity contribution in [1.29, 1.82) is 0 Å². The van der Waals surface area contributed by atoms with E-state index < -0.39 is 0 Å². The summed E-state index contributed by atoms with van der Waals surface area (Å²) in [6.45, 7) is 2.56. The number of benzene rings is 1. The summed E-state index contributed by atoms with van der Waals surface area (Å²) in [5.41, 5.74) is 2.88. The third kappa shape index (κ3) is 3.52. The fourth-order valence-electron chi connectivity index (χ4n) is 3.40. The first-order valence-corrected chi connectivity index (χ1v) is 9.77. The van der Waals surface area contributed by atoms with Gasteiger partial charge in [0.25, 0.3) is 0 Å². The van der Waals surface area contributed by atoms with E-state index in [1.165, 1.54) is 24.0 Å². The van der Waals surface area contributed by atoms with Crippen LogP contribution in [0.25, 0.3) is 0 Å². The van der Waals surface area contributed by atoms with Gasteiger partial charge in [0, 0.05) is 30.4 Å². The van der Waals surface area contributed by atoms with Gasteiger partial charge in [-0.3, -0.25) is 9.69 Å². The Balaban J connectivity index is 1.56. The summed E-state index contributed by atoms with van der Waals surface area (Å²) in [5, 5.41) is 3.62. The minimum Gasteiger partial charge on any atom is -0.465 e. The average molecular weight is 370 g/mol. The molecular weight excluding hydrogens is 348 g/mol. The molecular formula is C20H22N2O3S. The summed E-state index contributed by atoms with van der Waals surface area (Å²) in [6, 6.07) is 10.4. The first kappa shape index (κ1) is 17.2. The number of esters is 1. The number of nitrogens with one attached hydrogen (secondary N) is 1. The largest absolute Gasteiger partial charge is 0.465 e. The fourth-order valence-corrected chi connectivity index (χ4v) is 4.68. The molecule has 1 saturated carbocycles. The lowest BCUT2D eigenvalue weighted by atomic mass is 10.0. The SMILES string of the molecule is COC(=O)c1c(NC(=O)C2CC2)sc2c1CCN(Cc1ccccc1)C2. The maximum Gasteiger partial charge on any atom is 0.341 e. The highest BCUT2D eigenvalue weighted by Gasteiger charge is 2.33. The predicted molar refractivity (Wildman–Crippen MR) is 101 cm³/mol. The Kier molecular flexibility index (Phi) is 4.78. The van der Waals surface area contributed by atoms with E-state index >= 15 is 0 Å². The van der Waals surface area contributed by atoms with Crippen molar-refractivity contribution in [2.75, 3.05) is 19.0 Å². The molecule has 2 heterocycles. The molecule has 1 aromatic carbocycles. The quantitative estimate of drug-likeness (QED) is 0.819. The number of thiophene rings is 1. The first-order valence-electron chi connectivity index (χ1n) is 8.95. The molecule has 0 spiro atoms. The number of nitrogens with zero attached hydrogens (tertiary/aromatic N) is 1. The predicted octanol–water partition coefficient (Wildman–Crippen LogP) is 3.44. The van der Waals surface area contributed by atoms with Gasteiger partial charge < -0.3 is 10.1 Å². The van der Waals surface area contributed by atoms with E-state index in [0.717, 1.165) is 49.3 Å². The molecule has 1 fully saturated rings. The second-order valence-electron chi connectivity index (χ2n) is 6.91. The van der Waals surface area contributed by atoms with E-state index in [4.69, 9.17) is 4.74 Å². The summed E-state index contributed by atoms with van der Waals surface area (Å²) in [6.07, 6.45) is 2.67. The Bertz CT molecular complexity index is 827. The van der Waals surface area contributed by atoms with Crippen molar-refractivity contribution >= 4 is 28.2 Å². The summed E-state index contributed by atoms with van der Waals surface area (Å²) in [7, 11) is 1.39. The highest BCUT2D eigenvalue weighted by molar-refractivity contribution is 7.17. The molecule has 0 atom stereocenters. The number of carbonyl (C=O) groups is 2. The third-order valence-electron chi connectivity index (χ3n) is 4.96. The molecule has 1 N–H and O–H groups in total. The van der Waals surface area contributed by atoms with Gasteiger partial charge in [0.2, 0.25) is 5.91 Å². The van der Waals surface area contributed by atoms with Gasteiger partial charge in [-0.2, -0.15) is 0 Å². The molecule has 2 aromatic rings. The standard InChI is InChI=1S/C20H22N2O3S/c1-25-20(24)17-15-9-10-22(11-13-5-3-2-4-6-13)12-16(15)26-19(17)21-18(23)14-7-8-14/h2-6,14H,7-12H2,1H3,(H,21,23). The molecule has 0 unspecified atom stereocenters. The highest BCUT2D eigenvalue weighted by atomic mass is 32.1. The summed E-state index contributed by atoms with van der Waals surface area (Å²) in [4.78, 5) is 28.0. The van der Waals surface area contributed by atoms with Crippen LogP contribution < -0.4 is 5.32 Å². The van der Waals surface area contributed by atoms with Crippen molar-refractivity contribution in [2.24, 2.45) is 5.92 Å². The number of hydrogen-bond donors (Lipinski definition) is 1. The molecule has 136 valence electrons. The number of rotatable bonds is 5. The Morgan fingerprint density at radius 3 is 2.73 bits per heavy atom. The number of carbonyl (C=O) groups excluding carboxylic acids is 2. The average Bonchev–Trinajstić information content (AvgIpc) is 3.44. The van der Waals surface area contributed by atoms with Crippen LogP contribution in [0.4, 0.5) is 5.00 Å². The molecule has 6 heteroatoms. The molecule has 4 rings (SSSR count). The molecule has 26 heavy (non-hydrogen) atoms. The second-order valence-corrected chi connectivity index (χ2v) is 8.01. The Morgan fingerprint density at radius 1 is 1.27 bits per heavy atom. The lowest BCUT2D eigenvalue weighted by Gasteiger charge is -2.27. The monoisotopic (exact) mass is 370 g/mol. The molecule has 0 saturated heterocycles. The highest BCUT2D eigenvalue weighted by Crippen LogP contribution is 2.39. The van der Waals surface area contributed by atoms with Crippen LogP contribution in [0.3, 0.4) is 0 Å². The maximum absolute atomic E-state index is 12.3. The molecule has 1 aromatic heterocycles. The van der Waals surface area contributed by atoms with Crippen molar-refractivity contribution in [3.05, 3.63) is 51.9 Å². The van der Waals surface area contributed by atoms with Gasteiger partial charge in [-0.15, -0.1) is 11.3 Å². The summed E-state index contributed by atoms with van der Waals surface area (Å²) in [5.74, 6) is -0.228. The first-order chi connectivity index (χ1) is 12.7. The van der Waals surface area contributed by atoms with Gasteiger partial charge in [0.15, 0.2) is 0 Å². The van der Waals surface area contributed by atoms with Crippen LogP contribution in [0.15, 0.2) is 30.3 Å². The van der Waals surface area contributed by atoms with E-state index in [2.05, 4.69) is 34.5 Å². The van der Waals surface area contributed by atoms with E-state index in [-0.39, 0.29) is 17.8 Å². The Labute approximate surface area is 157 Å². The fraction of sp³-hybridized carbons (Fsp3) is 0.400. The van der Waals surface area contributed by atoms with Gasteiger partial charge in [-0.05, 0) is 30.4 Å². The second kappa shape index (κ2) is 7.21. The summed E-state index contributed by atoms with van der Waals surface area (Å²) >= 11 is 1.52. The molecule has 1 aliphatic carbocycles. The van der Waals surface area contributed by atoms with Crippen molar-refractivity contribution < 1.29 is 14.3 Å². The van der Waals surface area contributed by atoms with Crippen LogP contribution in [0.2, 0.25) is 0 Å². The van der Waals surface area contributed by atoms with E-state index in [0.29, 0.717) is 10.6 Å². The van der Waals surface area contributed by atoms with Gasteiger partial charge in [-0.25, -0.2) is 4.79 Å². The topological polar surface area (TPSA) is 58.6 Å². The van der Waals surface area contributed by atoms with E-state index in [1.807, 2.05) is 6.07 Å². The van der Waals surface area contributed by atoms with Gasteiger partial charge in [0.05, 0.1) is 12.7 Å². The molecule has 2 aliphatic rings. The van der Waals surface area contributed by atoms with E-state index in [9.17, 15) is 9.59 Å². The molecule has 5 nitrogen and oxygen atoms in total. The molecule has 0 bridgehead atoms. The number of hydrogen-bond acceptors (Lipinski definition) is 5. The van der Waals surface area contributed by atoms with Crippen LogP contribution in [-0.2, 0) is 29.0 Å². The number of anilines is 1. The smallest absolute Gasteiger partial charge is 0.341 e. The van der Waals surface area contributed by atoms with Crippen molar-refractivity contribution in [3.63, 3.8) is 0 Å². The lowest BCUT2D eigenvalue weighted by Crippen LogP contribution is -2.29. The summed E-state index contributed by atoms with van der Waals surface area (Å²) < 4.78 is 4.98. The number of amides is 1. The van der Waals surface area contributed by atoms with Gasteiger partial charge >= 0.3 is 5.97 Å². The molecule has 1 aliphatic heterocycles. The minimum absolute atomic E-state index is 0.0230. The number of ether oxygens (including phenoxy) is 1. The molecule has 1 amide bonds. The minimum atomic E-state index is -0.356. The van der Waals surface area contributed by atoms with Crippen LogP contribution in [0.5, 0.6) is 0 Å². The van der Waals surface area contributed by atoms with Gasteiger partial charge in [-0.1, -0.05) is 30.3 Å². The third-order valence-corrected chi connectivity index (χ3v) is 6.09. The van der Waals surface area contributed by atoms with Crippen LogP contribution in [0, 0.1) is 5.92 Å². The maximum atomic E-state index is 12.3. The number of methoxy groups -OCH3 is 1. The Morgan fingerprint density at radius 2 is 2.04 bits per heavy atom. The lowest BCUT2D eigenvalue weighted by molar-refractivity contribution is -0.117. The zero-order valence-corrected chi connectivity index (χ0v) is 15.6. The van der Waals surface area contributed by atoms with Crippen LogP contribution >= 0.6 is 11.3 Å². The molecule has 0 radical (unpaired) electrons. The van der Waals surface area contributed by atoms with Gasteiger partial charge in [0.1, 0.15) is 5.00 Å². The Hall–Kier alpha value is -2.18.